The van der Waals surface area contributed by atoms with Crippen molar-refractivity contribution < 1.29 is 38.0 Å². The van der Waals surface area contributed by atoms with Gasteiger partial charge in [-0.1, -0.05) is 121 Å². The molecule has 0 saturated carbocycles. The lowest BCUT2D eigenvalue weighted by molar-refractivity contribution is -0.149. The first kappa shape index (κ1) is 41.5. The topological polar surface area (TPSA) is 89.5 Å². The van der Waals surface area contributed by atoms with E-state index in [0.717, 1.165) is 90.6 Å². The van der Waals surface area contributed by atoms with Gasteiger partial charge in [-0.2, -0.15) is 0 Å². The molecule has 0 N–H and O–H groups in total. The summed E-state index contributed by atoms with van der Waals surface area (Å²) in [5, 5.41) is 3.36. The molecule has 0 saturated heterocycles. The Kier molecular flexibility index (Phi) is 18.6. The van der Waals surface area contributed by atoms with Gasteiger partial charge in [0.2, 0.25) is 0 Å². The third kappa shape index (κ3) is 13.3. The van der Waals surface area contributed by atoms with Gasteiger partial charge < -0.3 is 28.4 Å². The average Bonchev–Trinajstić information content (AvgIpc) is 3.14. The van der Waals surface area contributed by atoms with Gasteiger partial charge in [0.1, 0.15) is 24.7 Å². The van der Waals surface area contributed by atoms with Crippen LogP contribution >= 0.6 is 0 Å². The average molecular weight is 705 g/mol. The molecule has 8 nitrogen and oxygen atoms in total. The van der Waals surface area contributed by atoms with Crippen molar-refractivity contribution in [3.05, 3.63) is 73.3 Å². The number of carbonyl (C=O) groups excluding carboxylic acids is 2. The van der Waals surface area contributed by atoms with Crippen molar-refractivity contribution in [1.82, 2.24) is 0 Å². The molecule has 0 amide bonds. The summed E-state index contributed by atoms with van der Waals surface area (Å²) in [5.74, 6) is 1.16. The van der Waals surface area contributed by atoms with E-state index in [2.05, 4.69) is 46.9 Å². The van der Waals surface area contributed by atoms with E-state index in [4.69, 9.17) is 28.4 Å². The van der Waals surface area contributed by atoms with Crippen LogP contribution in [0.15, 0.2) is 67.8 Å². The highest BCUT2D eigenvalue weighted by molar-refractivity contribution is 6.11. The maximum Gasteiger partial charge on any atom is 0.330 e. The van der Waals surface area contributed by atoms with Crippen LogP contribution in [0.2, 0.25) is 0 Å². The Morgan fingerprint density at radius 1 is 0.627 bits per heavy atom. The largest absolute Gasteiger partial charge is 0.488 e. The lowest BCUT2D eigenvalue weighted by atomic mass is 9.99. The molecule has 3 aromatic rings. The SMILES string of the molecule is C=CC(=O)OC(COCC(CC)CCCC)COc1c2ccccc2c(OCC(COCC(CC)CCCC)OC(=O)C=C)c2cc(C)ccc12. The highest BCUT2D eigenvalue weighted by Gasteiger charge is 2.22. The number of carbonyl (C=O) groups is 2. The molecule has 0 aliphatic carbocycles. The maximum absolute atomic E-state index is 12.3. The second kappa shape index (κ2) is 22.8. The molecule has 280 valence electrons. The van der Waals surface area contributed by atoms with Crippen LogP contribution in [0.1, 0.15) is 84.6 Å². The van der Waals surface area contributed by atoms with Gasteiger partial charge in [0, 0.05) is 46.9 Å². The lowest BCUT2D eigenvalue weighted by Gasteiger charge is -2.23. The molecule has 4 atom stereocenters. The first-order chi connectivity index (χ1) is 24.8. The Labute approximate surface area is 305 Å². The van der Waals surface area contributed by atoms with Gasteiger partial charge >= 0.3 is 11.9 Å². The summed E-state index contributed by atoms with van der Waals surface area (Å²) < 4.78 is 36.6. The molecule has 0 aliphatic heterocycles. The standard InChI is InChI=1S/C43H60O8/c1-8-14-18-32(10-3)25-46-27-34(50-40(44)12-5)29-48-42-36-20-16-17-21-37(36)43(39-24-31(7)22-23-38(39)42)49-30-35(51-41(45)13-6)28-47-26-33(11-4)19-15-9-2/h12-13,16-17,20-24,32-35H,5-6,8-11,14-15,18-19,25-30H2,1-4,7H3. The summed E-state index contributed by atoms with van der Waals surface area (Å²) in [5.41, 5.74) is 1.05. The first-order valence-electron chi connectivity index (χ1n) is 18.8. The fourth-order valence-corrected chi connectivity index (χ4v) is 6.06. The molecular weight excluding hydrogens is 644 g/mol. The quantitative estimate of drug-likeness (QED) is 0.0464. The number of hydrogen-bond acceptors (Lipinski definition) is 8. The van der Waals surface area contributed by atoms with E-state index in [0.29, 0.717) is 36.5 Å². The highest BCUT2D eigenvalue weighted by Crippen LogP contribution is 2.43. The van der Waals surface area contributed by atoms with Crippen molar-refractivity contribution >= 4 is 33.5 Å². The summed E-state index contributed by atoms with van der Waals surface area (Å²) in [6.45, 7) is 19.7. The molecule has 3 rings (SSSR count). The number of ether oxygens (including phenoxy) is 6. The van der Waals surface area contributed by atoms with E-state index in [1.54, 1.807) is 0 Å². The van der Waals surface area contributed by atoms with Crippen LogP contribution in [0.25, 0.3) is 21.5 Å². The molecule has 4 unspecified atom stereocenters. The normalized spacial score (nSPS) is 13.7. The predicted octanol–water partition coefficient (Wildman–Crippen LogP) is 9.72. The first-order valence-corrected chi connectivity index (χ1v) is 18.8. The Bertz CT molecular complexity index is 1530. The van der Waals surface area contributed by atoms with Gasteiger partial charge in [-0.05, 0) is 37.7 Å². The van der Waals surface area contributed by atoms with Crippen molar-refractivity contribution in [2.45, 2.75) is 98.2 Å². The molecule has 0 bridgehead atoms. The fourth-order valence-electron chi connectivity index (χ4n) is 6.06. The zero-order chi connectivity index (χ0) is 37.0. The number of benzene rings is 3. The van der Waals surface area contributed by atoms with Gasteiger partial charge in [-0.3, -0.25) is 0 Å². The Morgan fingerprint density at radius 2 is 1.08 bits per heavy atom. The van der Waals surface area contributed by atoms with Gasteiger partial charge in [-0.15, -0.1) is 0 Å². The molecule has 8 heteroatoms. The molecule has 0 aromatic heterocycles. The maximum atomic E-state index is 12.3. The molecule has 0 spiro atoms. The molecule has 0 fully saturated rings. The summed E-state index contributed by atoms with van der Waals surface area (Å²) in [6.07, 6.45) is 9.92. The van der Waals surface area contributed by atoms with Gasteiger partial charge in [-0.25, -0.2) is 9.59 Å². The van der Waals surface area contributed by atoms with Crippen LogP contribution in [0.5, 0.6) is 11.5 Å². The van der Waals surface area contributed by atoms with Crippen LogP contribution < -0.4 is 9.47 Å². The second-order valence-corrected chi connectivity index (χ2v) is 13.3. The van der Waals surface area contributed by atoms with Crippen LogP contribution in [0.3, 0.4) is 0 Å². The molecule has 0 aliphatic rings. The van der Waals surface area contributed by atoms with E-state index in [1.165, 1.54) is 0 Å². The van der Waals surface area contributed by atoms with Crippen LogP contribution in [0, 0.1) is 18.8 Å². The van der Waals surface area contributed by atoms with Crippen molar-refractivity contribution in [1.29, 1.82) is 0 Å². The van der Waals surface area contributed by atoms with E-state index in [9.17, 15) is 9.59 Å². The predicted molar refractivity (Wildman–Crippen MR) is 206 cm³/mol. The van der Waals surface area contributed by atoms with E-state index < -0.39 is 24.1 Å². The van der Waals surface area contributed by atoms with Crippen molar-refractivity contribution in [3.8, 4) is 11.5 Å². The Morgan fingerprint density at radius 3 is 1.51 bits per heavy atom. The second-order valence-electron chi connectivity index (χ2n) is 13.3. The summed E-state index contributed by atoms with van der Waals surface area (Å²) >= 11 is 0. The van der Waals surface area contributed by atoms with E-state index in [1.807, 2.05) is 43.3 Å². The number of aryl methyl sites for hydroxylation is 1. The summed E-state index contributed by atoms with van der Waals surface area (Å²) in [7, 11) is 0. The third-order valence-electron chi connectivity index (χ3n) is 9.21. The minimum atomic E-state index is -0.636. The van der Waals surface area contributed by atoms with E-state index >= 15 is 0 Å². The van der Waals surface area contributed by atoms with Crippen LogP contribution in [-0.4, -0.2) is 63.8 Å². The lowest BCUT2D eigenvalue weighted by Crippen LogP contribution is -2.30. The summed E-state index contributed by atoms with van der Waals surface area (Å²) in [4.78, 5) is 24.6. The molecule has 0 radical (unpaired) electrons. The number of rotatable bonds is 26. The number of esters is 2. The monoisotopic (exact) mass is 704 g/mol. The zero-order valence-electron chi connectivity index (χ0n) is 31.6. The van der Waals surface area contributed by atoms with Crippen molar-refractivity contribution in [3.63, 3.8) is 0 Å². The smallest absolute Gasteiger partial charge is 0.330 e. The zero-order valence-corrected chi connectivity index (χ0v) is 31.6. The van der Waals surface area contributed by atoms with Gasteiger partial charge in [0.25, 0.3) is 0 Å². The van der Waals surface area contributed by atoms with E-state index in [-0.39, 0.29) is 26.4 Å². The Hall–Kier alpha value is -3.88. The number of hydrogen-bond donors (Lipinski definition) is 0. The minimum Gasteiger partial charge on any atom is -0.488 e. The molecule has 0 heterocycles. The van der Waals surface area contributed by atoms with Crippen LogP contribution in [-0.2, 0) is 28.5 Å². The third-order valence-corrected chi connectivity index (χ3v) is 9.21. The van der Waals surface area contributed by atoms with Gasteiger partial charge in [0.05, 0.1) is 13.2 Å². The molecular formula is C43H60O8. The summed E-state index contributed by atoms with van der Waals surface area (Å²) in [6, 6.07) is 14.0. The van der Waals surface area contributed by atoms with Crippen molar-refractivity contribution in [2.75, 3.05) is 39.6 Å². The molecule has 51 heavy (non-hydrogen) atoms. The molecule has 3 aromatic carbocycles. The van der Waals surface area contributed by atoms with Gasteiger partial charge in [0.15, 0.2) is 12.2 Å². The fraction of sp³-hybridized carbons (Fsp3) is 0.535. The number of fused-ring (bicyclic) bond motifs is 2. The van der Waals surface area contributed by atoms with Crippen molar-refractivity contribution in [2.24, 2.45) is 11.8 Å². The number of unbranched alkanes of at least 4 members (excludes halogenated alkanes) is 2. The minimum absolute atomic E-state index is 0.0897. The highest BCUT2D eigenvalue weighted by atomic mass is 16.6. The van der Waals surface area contributed by atoms with Crippen LogP contribution in [0.4, 0.5) is 0 Å². The Balaban J connectivity index is 1.88.